The summed E-state index contributed by atoms with van der Waals surface area (Å²) >= 11 is 0. The van der Waals surface area contributed by atoms with Gasteiger partial charge in [-0.25, -0.2) is 9.97 Å². The van der Waals surface area contributed by atoms with Gasteiger partial charge in [0, 0.05) is 12.6 Å². The third kappa shape index (κ3) is 4.78. The molecule has 8 nitrogen and oxygen atoms in total. The molecule has 4 N–H and O–H groups in total. The molecule has 1 atom stereocenters. The molecule has 0 bridgehead atoms. The minimum absolute atomic E-state index is 0.112. The number of aromatic nitrogens is 2. The Labute approximate surface area is 159 Å². The first kappa shape index (κ1) is 18.8. The van der Waals surface area contributed by atoms with Crippen LogP contribution in [0, 0.1) is 0 Å². The van der Waals surface area contributed by atoms with Crippen molar-refractivity contribution in [1.82, 2.24) is 15.4 Å². The van der Waals surface area contributed by atoms with E-state index in [0.29, 0.717) is 29.1 Å². The molecule has 2 heterocycles. The number of nitrogens with one attached hydrogen (secondary N) is 2. The summed E-state index contributed by atoms with van der Waals surface area (Å²) in [4.78, 5) is 22.8. The Hall–Kier alpha value is -3.03. The van der Waals surface area contributed by atoms with Crippen molar-refractivity contribution >= 4 is 23.2 Å². The first-order chi connectivity index (χ1) is 13.2. The summed E-state index contributed by atoms with van der Waals surface area (Å²) in [6.07, 6.45) is 5.98. The van der Waals surface area contributed by atoms with E-state index in [2.05, 4.69) is 32.6 Å². The fourth-order valence-corrected chi connectivity index (χ4v) is 3.25. The van der Waals surface area contributed by atoms with Gasteiger partial charge < -0.3 is 15.4 Å². The van der Waals surface area contributed by atoms with E-state index in [1.165, 1.54) is 12.7 Å². The maximum atomic E-state index is 12.0. The Bertz CT molecular complexity index is 755. The molecule has 3 rings (SSSR count). The van der Waals surface area contributed by atoms with Gasteiger partial charge in [0.2, 0.25) is 0 Å². The Morgan fingerprint density at radius 3 is 2.89 bits per heavy atom. The molecule has 1 aliphatic heterocycles. The molecule has 1 saturated heterocycles. The number of amides is 1. The van der Waals surface area contributed by atoms with Crippen LogP contribution in [0.3, 0.4) is 0 Å². The number of piperidine rings is 1. The van der Waals surface area contributed by atoms with Gasteiger partial charge in [-0.05, 0) is 37.8 Å². The number of nitrogens with two attached hydrogens (primary N) is 1. The average Bonchev–Trinajstić information content (AvgIpc) is 2.72. The number of para-hydroxylation sites is 1. The van der Waals surface area contributed by atoms with E-state index in [1.807, 2.05) is 18.2 Å². The molecular weight excluding hydrogens is 344 g/mol. The Morgan fingerprint density at radius 2 is 2.11 bits per heavy atom. The predicted octanol–water partition coefficient (Wildman–Crippen LogP) is 2.35. The largest absolute Gasteiger partial charge is 0.484 e. The predicted molar refractivity (Wildman–Crippen MR) is 105 cm³/mol. The number of rotatable bonds is 7. The zero-order chi connectivity index (χ0) is 19.1. The summed E-state index contributed by atoms with van der Waals surface area (Å²) in [6, 6.07) is 9.58. The normalized spacial score (nSPS) is 16.6. The van der Waals surface area contributed by atoms with Crippen molar-refractivity contribution in [3.8, 4) is 5.75 Å². The lowest BCUT2D eigenvalue weighted by atomic mass is 10.00. The number of carbonyl (C=O) groups excluding carboxylic acids is 1. The van der Waals surface area contributed by atoms with Crippen molar-refractivity contribution in [1.29, 1.82) is 0 Å². The molecule has 0 saturated carbocycles. The van der Waals surface area contributed by atoms with Crippen LogP contribution in [0.25, 0.3) is 0 Å². The Kier molecular flexibility index (Phi) is 6.30. The molecular formula is C19H26N6O2. The molecule has 27 heavy (non-hydrogen) atoms. The van der Waals surface area contributed by atoms with Crippen molar-refractivity contribution in [3.63, 3.8) is 0 Å². The minimum Gasteiger partial charge on any atom is -0.484 e. The van der Waals surface area contributed by atoms with Gasteiger partial charge in [-0.2, -0.15) is 0 Å². The van der Waals surface area contributed by atoms with Crippen LogP contribution in [0.1, 0.15) is 32.6 Å². The van der Waals surface area contributed by atoms with Crippen LogP contribution in [-0.4, -0.2) is 35.1 Å². The fourth-order valence-electron chi connectivity index (χ4n) is 3.25. The number of hydrogen-bond acceptors (Lipinski definition) is 7. The van der Waals surface area contributed by atoms with Gasteiger partial charge >= 0.3 is 0 Å². The van der Waals surface area contributed by atoms with Crippen LogP contribution in [0.15, 0.2) is 36.7 Å². The van der Waals surface area contributed by atoms with E-state index >= 15 is 0 Å². The lowest BCUT2D eigenvalue weighted by Gasteiger charge is -2.36. The molecule has 8 heteroatoms. The third-order valence-corrected chi connectivity index (χ3v) is 4.67. The molecule has 0 aliphatic carbocycles. The summed E-state index contributed by atoms with van der Waals surface area (Å²) < 4.78 is 5.41. The number of ether oxygens (including phenoxy) is 1. The Balaban J connectivity index is 1.59. The summed E-state index contributed by atoms with van der Waals surface area (Å²) in [5, 5.41) is 0. The van der Waals surface area contributed by atoms with Crippen LogP contribution in [-0.2, 0) is 4.79 Å². The summed E-state index contributed by atoms with van der Waals surface area (Å²) in [5.74, 6) is 1.40. The fraction of sp³-hybridized carbons (Fsp3) is 0.421. The van der Waals surface area contributed by atoms with Crippen molar-refractivity contribution in [2.75, 3.05) is 29.2 Å². The number of nitrogen functional groups attached to an aromatic ring is 1. The molecule has 1 aromatic carbocycles. The number of carbonyl (C=O) groups is 1. The van der Waals surface area contributed by atoms with Crippen LogP contribution in [0.4, 0.5) is 17.3 Å². The van der Waals surface area contributed by atoms with Crippen LogP contribution in [0.2, 0.25) is 0 Å². The van der Waals surface area contributed by atoms with Crippen LogP contribution >= 0.6 is 0 Å². The highest BCUT2D eigenvalue weighted by Gasteiger charge is 2.25. The van der Waals surface area contributed by atoms with Gasteiger partial charge in [0.05, 0.1) is 0 Å². The zero-order valence-corrected chi connectivity index (χ0v) is 15.5. The molecule has 1 fully saturated rings. The minimum atomic E-state index is -0.331. The third-order valence-electron chi connectivity index (χ3n) is 4.67. The SMILES string of the molecule is CCC1CCCCN1c1ncnc(NNC(=O)COc2ccccc2)c1N. The summed E-state index contributed by atoms with van der Waals surface area (Å²) in [5.41, 5.74) is 12.0. The first-order valence-corrected chi connectivity index (χ1v) is 9.29. The lowest BCUT2D eigenvalue weighted by molar-refractivity contribution is -0.122. The van der Waals surface area contributed by atoms with Crippen molar-refractivity contribution < 1.29 is 9.53 Å². The number of hydrazine groups is 1. The highest BCUT2D eigenvalue weighted by Crippen LogP contribution is 2.31. The van der Waals surface area contributed by atoms with E-state index < -0.39 is 0 Å². The van der Waals surface area contributed by atoms with Gasteiger partial charge in [0.25, 0.3) is 5.91 Å². The van der Waals surface area contributed by atoms with Crippen molar-refractivity contribution in [2.45, 2.75) is 38.6 Å². The van der Waals surface area contributed by atoms with Gasteiger partial charge in [0.15, 0.2) is 18.2 Å². The van der Waals surface area contributed by atoms with Gasteiger partial charge in [0.1, 0.15) is 17.8 Å². The van der Waals surface area contributed by atoms with Crippen molar-refractivity contribution in [3.05, 3.63) is 36.7 Å². The first-order valence-electron chi connectivity index (χ1n) is 9.29. The number of nitrogens with zero attached hydrogens (tertiary/aromatic N) is 3. The molecule has 1 aliphatic rings. The van der Waals surface area contributed by atoms with Gasteiger partial charge in [-0.3, -0.25) is 15.6 Å². The molecule has 0 spiro atoms. The Morgan fingerprint density at radius 1 is 1.30 bits per heavy atom. The highest BCUT2D eigenvalue weighted by atomic mass is 16.5. The number of anilines is 3. The van der Waals surface area contributed by atoms with Crippen LogP contribution < -0.4 is 26.2 Å². The molecule has 1 unspecified atom stereocenters. The second-order valence-electron chi connectivity index (χ2n) is 6.49. The second-order valence-corrected chi connectivity index (χ2v) is 6.49. The van der Waals surface area contributed by atoms with E-state index in [4.69, 9.17) is 10.5 Å². The van der Waals surface area contributed by atoms with E-state index in [0.717, 1.165) is 25.8 Å². The molecule has 2 aromatic rings. The highest BCUT2D eigenvalue weighted by molar-refractivity contribution is 5.81. The van der Waals surface area contributed by atoms with E-state index in [-0.39, 0.29) is 12.5 Å². The lowest BCUT2D eigenvalue weighted by Crippen LogP contribution is -2.40. The van der Waals surface area contributed by atoms with Crippen molar-refractivity contribution in [2.24, 2.45) is 0 Å². The maximum Gasteiger partial charge on any atom is 0.276 e. The zero-order valence-electron chi connectivity index (χ0n) is 15.5. The quantitative estimate of drug-likeness (QED) is 0.643. The molecule has 144 valence electrons. The standard InChI is InChI=1S/C19H26N6O2/c1-2-14-8-6-7-11-25(14)19-17(20)18(21-13-22-19)24-23-16(26)12-27-15-9-4-3-5-10-15/h3-5,9-10,13-14H,2,6-8,11-12,20H2,1H3,(H,23,26)(H,21,22,24). The van der Waals surface area contributed by atoms with E-state index in [1.54, 1.807) is 12.1 Å². The monoisotopic (exact) mass is 370 g/mol. The van der Waals surface area contributed by atoms with Gasteiger partial charge in [-0.15, -0.1) is 0 Å². The topological polar surface area (TPSA) is 105 Å². The average molecular weight is 370 g/mol. The van der Waals surface area contributed by atoms with Crippen LogP contribution in [0.5, 0.6) is 5.75 Å². The van der Waals surface area contributed by atoms with E-state index in [9.17, 15) is 4.79 Å². The van der Waals surface area contributed by atoms with Gasteiger partial charge in [-0.1, -0.05) is 25.1 Å². The number of benzene rings is 1. The summed E-state index contributed by atoms with van der Waals surface area (Å²) in [6.45, 7) is 2.99. The molecule has 1 amide bonds. The molecule has 1 aromatic heterocycles. The number of hydrogen-bond donors (Lipinski definition) is 3. The maximum absolute atomic E-state index is 12.0. The smallest absolute Gasteiger partial charge is 0.276 e. The molecule has 0 radical (unpaired) electrons. The second kappa shape index (κ2) is 9.07. The summed E-state index contributed by atoms with van der Waals surface area (Å²) in [7, 11) is 0.